The molecule has 0 radical (unpaired) electrons. The lowest BCUT2D eigenvalue weighted by Gasteiger charge is -2.32. The number of hydrogen-bond donors (Lipinski definition) is 1. The zero-order valence-electron chi connectivity index (χ0n) is 19.9. The number of imidazole rings is 1. The van der Waals surface area contributed by atoms with Crippen molar-refractivity contribution in [3.05, 3.63) is 69.6 Å². The topological polar surface area (TPSA) is 87.6 Å². The largest absolute Gasteiger partial charge is 0.378 e. The number of H-pyrrole nitrogens is 1. The Kier molecular flexibility index (Phi) is 4.82. The molecular formula is C27H26N4O4. The van der Waals surface area contributed by atoms with Gasteiger partial charge < -0.3 is 14.6 Å². The maximum Gasteiger partial charge on any atom is 0.326 e. The van der Waals surface area contributed by atoms with Crippen LogP contribution < -0.4 is 15.5 Å². The Morgan fingerprint density at radius 3 is 2.34 bits per heavy atom. The van der Waals surface area contributed by atoms with E-state index < -0.39 is 0 Å². The summed E-state index contributed by atoms with van der Waals surface area (Å²) >= 11 is 0. The predicted molar refractivity (Wildman–Crippen MR) is 136 cm³/mol. The van der Waals surface area contributed by atoms with Gasteiger partial charge in [-0.3, -0.25) is 14.2 Å². The summed E-state index contributed by atoms with van der Waals surface area (Å²) in [5, 5.41) is 1.59. The normalized spacial score (nSPS) is 16.2. The second kappa shape index (κ2) is 7.81. The van der Waals surface area contributed by atoms with Crippen LogP contribution in [0.15, 0.2) is 47.3 Å². The highest BCUT2D eigenvalue weighted by molar-refractivity contribution is 6.36. The van der Waals surface area contributed by atoms with Crippen molar-refractivity contribution in [1.82, 2.24) is 9.55 Å². The highest BCUT2D eigenvalue weighted by Crippen LogP contribution is 2.39. The maximum absolute atomic E-state index is 13.8. The average Bonchev–Trinajstić information content (AvgIpc) is 3.17. The first kappa shape index (κ1) is 21.6. The Morgan fingerprint density at radius 2 is 1.63 bits per heavy atom. The zero-order chi connectivity index (χ0) is 24.4. The minimum atomic E-state index is -0.358. The quantitative estimate of drug-likeness (QED) is 0.457. The lowest BCUT2D eigenvalue weighted by Crippen LogP contribution is -2.41. The number of carbonyl (C=O) groups excluding carboxylic acids is 2. The third-order valence-electron chi connectivity index (χ3n) is 7.03. The van der Waals surface area contributed by atoms with Crippen molar-refractivity contribution in [1.29, 1.82) is 0 Å². The number of nitrogens with zero attached hydrogens (tertiary/aromatic N) is 3. The third-order valence-corrected chi connectivity index (χ3v) is 7.03. The fourth-order valence-corrected chi connectivity index (χ4v) is 5.40. The third kappa shape index (κ3) is 3.13. The van der Waals surface area contributed by atoms with Crippen molar-refractivity contribution in [2.45, 2.75) is 26.8 Å². The Labute approximate surface area is 201 Å². The molecular weight excluding hydrogens is 444 g/mol. The maximum atomic E-state index is 13.8. The number of carbonyl (C=O) groups is 2. The molecule has 35 heavy (non-hydrogen) atoms. The molecule has 2 aliphatic rings. The van der Waals surface area contributed by atoms with Crippen molar-refractivity contribution in [2.24, 2.45) is 0 Å². The fraction of sp³-hybridized carbons (Fsp3) is 0.296. The molecule has 0 atom stereocenters. The number of nitrogens with one attached hydrogen (secondary N) is 1. The second-order valence-corrected chi connectivity index (χ2v) is 9.46. The molecule has 8 heteroatoms. The Morgan fingerprint density at radius 1 is 0.914 bits per heavy atom. The van der Waals surface area contributed by atoms with E-state index in [4.69, 9.17) is 4.74 Å². The van der Waals surface area contributed by atoms with Crippen molar-refractivity contribution in [3.8, 4) is 0 Å². The molecule has 1 saturated heterocycles. The van der Waals surface area contributed by atoms with Gasteiger partial charge in [0.1, 0.15) is 0 Å². The van der Waals surface area contributed by atoms with Gasteiger partial charge in [0.15, 0.2) is 0 Å². The number of imide groups is 1. The van der Waals surface area contributed by atoms with Crippen LogP contribution in [0.2, 0.25) is 0 Å². The highest BCUT2D eigenvalue weighted by atomic mass is 16.5. The van der Waals surface area contributed by atoms with Crippen LogP contribution >= 0.6 is 0 Å². The number of morpholine rings is 1. The molecule has 1 N–H and O–H groups in total. The van der Waals surface area contributed by atoms with Gasteiger partial charge in [-0.15, -0.1) is 0 Å². The monoisotopic (exact) mass is 470 g/mol. The highest BCUT2D eigenvalue weighted by Gasteiger charge is 2.36. The number of rotatable bonds is 3. The van der Waals surface area contributed by atoms with Gasteiger partial charge in [0.05, 0.1) is 29.9 Å². The van der Waals surface area contributed by atoms with Crippen LogP contribution in [-0.2, 0) is 4.74 Å². The van der Waals surface area contributed by atoms with Gasteiger partial charge in [-0.1, -0.05) is 12.1 Å². The van der Waals surface area contributed by atoms with Gasteiger partial charge >= 0.3 is 5.69 Å². The van der Waals surface area contributed by atoms with Crippen LogP contribution in [0.25, 0.3) is 21.8 Å². The van der Waals surface area contributed by atoms with Crippen LogP contribution in [0.4, 0.5) is 11.4 Å². The number of ether oxygens (including phenoxy) is 1. The number of aromatic nitrogens is 2. The first-order valence-corrected chi connectivity index (χ1v) is 11.9. The smallest absolute Gasteiger partial charge is 0.326 e. The molecule has 1 fully saturated rings. The molecule has 0 spiro atoms. The molecule has 4 aromatic rings. The van der Waals surface area contributed by atoms with E-state index in [9.17, 15) is 14.4 Å². The molecule has 3 heterocycles. The van der Waals surface area contributed by atoms with Crippen LogP contribution in [0.3, 0.4) is 0 Å². The van der Waals surface area contributed by atoms with Crippen molar-refractivity contribution < 1.29 is 14.3 Å². The SMILES string of the molecule is Cc1cc2[nH]c(=O)n(C(C)C)c2cc1N1C(=O)c2cccc3c(N4CCOCC4)ccc(c23)C1=O. The van der Waals surface area contributed by atoms with E-state index in [1.807, 2.05) is 51.1 Å². The number of anilines is 2. The molecule has 2 aliphatic heterocycles. The van der Waals surface area contributed by atoms with Crippen LogP contribution in [-0.4, -0.2) is 47.7 Å². The van der Waals surface area contributed by atoms with E-state index >= 15 is 0 Å². The lowest BCUT2D eigenvalue weighted by atomic mass is 9.92. The molecule has 2 amide bonds. The molecule has 0 unspecified atom stereocenters. The summed E-state index contributed by atoms with van der Waals surface area (Å²) in [6, 6.07) is 12.9. The summed E-state index contributed by atoms with van der Waals surface area (Å²) in [7, 11) is 0. The number of hydrogen-bond acceptors (Lipinski definition) is 5. The minimum absolute atomic E-state index is 0.0763. The fourth-order valence-electron chi connectivity index (χ4n) is 5.40. The lowest BCUT2D eigenvalue weighted by molar-refractivity contribution is 0.0893. The van der Waals surface area contributed by atoms with E-state index in [1.54, 1.807) is 16.7 Å². The first-order chi connectivity index (χ1) is 16.9. The summed E-state index contributed by atoms with van der Waals surface area (Å²) in [4.78, 5) is 46.5. The van der Waals surface area contributed by atoms with Gasteiger partial charge in [0, 0.05) is 46.7 Å². The Balaban J connectivity index is 1.53. The predicted octanol–water partition coefficient (Wildman–Crippen LogP) is 4.01. The molecule has 178 valence electrons. The molecule has 8 nitrogen and oxygen atoms in total. The van der Waals surface area contributed by atoms with E-state index in [2.05, 4.69) is 9.88 Å². The van der Waals surface area contributed by atoms with Crippen molar-refractivity contribution in [2.75, 3.05) is 36.1 Å². The van der Waals surface area contributed by atoms with Gasteiger partial charge in [0.2, 0.25) is 0 Å². The molecule has 6 rings (SSSR count). The standard InChI is InChI=1S/C27H26N4O4/c1-15(2)30-23-14-22(16(3)13-20(23)28-27(30)34)31-25(32)18-6-4-5-17-21(29-9-11-35-12-10-29)8-7-19(24(17)18)26(31)33/h4-8,13-15H,9-12H2,1-3H3,(H,28,34). The molecule has 0 bridgehead atoms. The van der Waals surface area contributed by atoms with Crippen LogP contribution in [0.1, 0.15) is 46.2 Å². The van der Waals surface area contributed by atoms with Crippen molar-refractivity contribution in [3.63, 3.8) is 0 Å². The minimum Gasteiger partial charge on any atom is -0.378 e. The van der Waals surface area contributed by atoms with Crippen LogP contribution in [0.5, 0.6) is 0 Å². The zero-order valence-corrected chi connectivity index (χ0v) is 19.9. The average molecular weight is 471 g/mol. The van der Waals surface area contributed by atoms with E-state index in [-0.39, 0.29) is 23.5 Å². The van der Waals surface area contributed by atoms with Gasteiger partial charge in [-0.05, 0) is 56.7 Å². The first-order valence-electron chi connectivity index (χ1n) is 11.9. The van der Waals surface area contributed by atoms with E-state index in [1.165, 1.54) is 4.90 Å². The van der Waals surface area contributed by atoms with E-state index in [0.717, 1.165) is 29.7 Å². The van der Waals surface area contributed by atoms with Gasteiger partial charge in [0.25, 0.3) is 11.8 Å². The van der Waals surface area contributed by atoms with Gasteiger partial charge in [-0.2, -0.15) is 0 Å². The molecule has 0 aliphatic carbocycles. The molecule has 1 aromatic heterocycles. The Hall–Kier alpha value is -3.91. The van der Waals surface area contributed by atoms with Crippen LogP contribution in [0, 0.1) is 6.92 Å². The Bertz CT molecular complexity index is 1570. The summed E-state index contributed by atoms with van der Waals surface area (Å²) in [6.45, 7) is 8.52. The van der Waals surface area contributed by atoms with Gasteiger partial charge in [-0.25, -0.2) is 9.69 Å². The number of fused-ring (bicyclic) bond motifs is 1. The number of benzene rings is 3. The van der Waals surface area contributed by atoms with E-state index in [0.29, 0.717) is 46.4 Å². The summed E-state index contributed by atoms with van der Waals surface area (Å²) < 4.78 is 7.14. The summed E-state index contributed by atoms with van der Waals surface area (Å²) in [6.07, 6.45) is 0. The number of amides is 2. The number of aryl methyl sites for hydroxylation is 1. The summed E-state index contributed by atoms with van der Waals surface area (Å²) in [5.74, 6) is -0.715. The molecule has 0 saturated carbocycles. The number of aromatic amines is 1. The molecule has 3 aromatic carbocycles. The second-order valence-electron chi connectivity index (χ2n) is 9.46. The van der Waals surface area contributed by atoms with Crippen molar-refractivity contribution >= 4 is 45.0 Å². The summed E-state index contributed by atoms with van der Waals surface area (Å²) in [5.41, 5.74) is 4.36.